The molecule has 118 valence electrons. The zero-order chi connectivity index (χ0) is 16.6. The smallest absolute Gasteiger partial charge is 0.348 e. The highest BCUT2D eigenvalue weighted by molar-refractivity contribution is 7.09. The summed E-state index contributed by atoms with van der Waals surface area (Å²) in [4.78, 5) is 20.4. The Balaban J connectivity index is 1.91. The van der Waals surface area contributed by atoms with Crippen molar-refractivity contribution in [3.05, 3.63) is 56.5 Å². The predicted molar refractivity (Wildman–Crippen MR) is 88.0 cm³/mol. The van der Waals surface area contributed by atoms with Gasteiger partial charge in [0.15, 0.2) is 11.5 Å². The van der Waals surface area contributed by atoms with E-state index < -0.39 is 0 Å². The van der Waals surface area contributed by atoms with Gasteiger partial charge in [-0.3, -0.25) is 4.57 Å². The Morgan fingerprint density at radius 1 is 1.13 bits per heavy atom. The van der Waals surface area contributed by atoms with Crippen molar-refractivity contribution in [2.75, 3.05) is 0 Å². The van der Waals surface area contributed by atoms with Crippen molar-refractivity contribution in [2.24, 2.45) is 0 Å². The highest BCUT2D eigenvalue weighted by Gasteiger charge is 2.10. The van der Waals surface area contributed by atoms with Crippen LogP contribution in [-0.4, -0.2) is 24.7 Å². The Bertz CT molecular complexity index is 931. The molecule has 0 saturated carbocycles. The second kappa shape index (κ2) is 5.85. The zero-order valence-electron chi connectivity index (χ0n) is 12.6. The molecule has 0 saturated heterocycles. The fourth-order valence-corrected chi connectivity index (χ4v) is 3.09. The van der Waals surface area contributed by atoms with Crippen LogP contribution in [0.4, 0.5) is 0 Å². The van der Waals surface area contributed by atoms with Crippen LogP contribution < -0.4 is 5.69 Å². The van der Waals surface area contributed by atoms with E-state index in [4.69, 9.17) is 0 Å². The van der Waals surface area contributed by atoms with Gasteiger partial charge < -0.3 is 10.2 Å². The van der Waals surface area contributed by atoms with E-state index in [-0.39, 0.29) is 17.2 Å². The fraction of sp³-hybridized carbons (Fsp3) is 0.188. The van der Waals surface area contributed by atoms with Gasteiger partial charge in [0, 0.05) is 22.3 Å². The van der Waals surface area contributed by atoms with E-state index in [1.165, 1.54) is 23.5 Å². The molecule has 3 rings (SSSR count). The van der Waals surface area contributed by atoms with Crippen molar-refractivity contribution in [2.45, 2.75) is 20.4 Å². The molecule has 7 heteroatoms. The van der Waals surface area contributed by atoms with E-state index in [0.29, 0.717) is 23.5 Å². The minimum atomic E-state index is -0.290. The average Bonchev–Trinajstić information content (AvgIpc) is 2.94. The van der Waals surface area contributed by atoms with E-state index in [1.54, 1.807) is 17.6 Å². The number of hydrogen-bond donors (Lipinski definition) is 2. The molecule has 0 fully saturated rings. The lowest BCUT2D eigenvalue weighted by atomic mass is 10.1. The number of aromatic nitrogens is 3. The van der Waals surface area contributed by atoms with E-state index in [1.807, 2.05) is 18.4 Å². The van der Waals surface area contributed by atoms with E-state index in [2.05, 4.69) is 9.97 Å². The summed E-state index contributed by atoms with van der Waals surface area (Å²) < 4.78 is 1.57. The van der Waals surface area contributed by atoms with Crippen molar-refractivity contribution in [1.82, 2.24) is 14.5 Å². The number of aromatic hydroxyl groups is 2. The molecule has 0 amide bonds. The number of thiazole rings is 1. The normalized spacial score (nSPS) is 10.9. The number of hydrogen-bond acceptors (Lipinski definition) is 6. The van der Waals surface area contributed by atoms with Gasteiger partial charge in [-0.05, 0) is 38.1 Å². The summed E-state index contributed by atoms with van der Waals surface area (Å²) >= 11 is 1.43. The van der Waals surface area contributed by atoms with Crippen LogP contribution in [0, 0.1) is 13.8 Å². The van der Waals surface area contributed by atoms with Gasteiger partial charge in [0.2, 0.25) is 0 Å². The minimum absolute atomic E-state index is 0.169. The summed E-state index contributed by atoms with van der Waals surface area (Å²) in [6, 6.07) is 6.41. The van der Waals surface area contributed by atoms with E-state index in [0.717, 1.165) is 10.7 Å². The van der Waals surface area contributed by atoms with Crippen LogP contribution in [0.25, 0.3) is 11.3 Å². The monoisotopic (exact) mass is 329 g/mol. The molecule has 0 radical (unpaired) electrons. The Morgan fingerprint density at radius 2 is 1.91 bits per heavy atom. The van der Waals surface area contributed by atoms with Gasteiger partial charge in [-0.2, -0.15) is 4.98 Å². The Kier molecular flexibility index (Phi) is 3.87. The number of benzene rings is 1. The van der Waals surface area contributed by atoms with Gasteiger partial charge in [0.25, 0.3) is 0 Å². The van der Waals surface area contributed by atoms with Crippen molar-refractivity contribution in [3.8, 4) is 22.8 Å². The fourth-order valence-electron chi connectivity index (χ4n) is 2.30. The first kappa shape index (κ1) is 15.2. The maximum atomic E-state index is 12.0. The van der Waals surface area contributed by atoms with Gasteiger partial charge in [-0.25, -0.2) is 9.78 Å². The molecule has 2 N–H and O–H groups in total. The molecule has 0 unspecified atom stereocenters. The SMILES string of the molecule is Cc1cc(C)n(Cc2nc(-c3ccc(O)c(O)c3)cs2)c(=O)n1. The molecule has 0 aliphatic rings. The van der Waals surface area contributed by atoms with Gasteiger partial charge in [-0.1, -0.05) is 0 Å². The second-order valence-corrected chi connectivity index (χ2v) is 6.18. The molecule has 2 aromatic heterocycles. The molecule has 0 aliphatic heterocycles. The van der Waals surface area contributed by atoms with Crippen LogP contribution >= 0.6 is 11.3 Å². The van der Waals surface area contributed by atoms with Crippen molar-refractivity contribution in [1.29, 1.82) is 0 Å². The maximum Gasteiger partial charge on any atom is 0.348 e. The van der Waals surface area contributed by atoms with Gasteiger partial charge >= 0.3 is 5.69 Å². The Hall–Kier alpha value is -2.67. The molecule has 0 spiro atoms. The first-order valence-corrected chi connectivity index (χ1v) is 7.84. The van der Waals surface area contributed by atoms with Crippen molar-refractivity contribution < 1.29 is 10.2 Å². The third kappa shape index (κ3) is 3.09. The Morgan fingerprint density at radius 3 is 2.61 bits per heavy atom. The standard InChI is InChI=1S/C16H15N3O3S/c1-9-5-10(2)19(16(22)17-9)7-15-18-12(8-23-15)11-3-4-13(20)14(21)6-11/h3-6,8,20-21H,7H2,1-2H3. The molecule has 3 aromatic rings. The van der Waals surface area contributed by atoms with Crippen molar-refractivity contribution in [3.63, 3.8) is 0 Å². The average molecular weight is 329 g/mol. The number of aryl methyl sites for hydroxylation is 2. The number of phenolic OH excluding ortho intramolecular Hbond substituents is 2. The molecule has 2 heterocycles. The molecule has 0 atom stereocenters. The van der Waals surface area contributed by atoms with Gasteiger partial charge in [-0.15, -0.1) is 11.3 Å². The van der Waals surface area contributed by atoms with Crippen LogP contribution in [0.5, 0.6) is 11.5 Å². The zero-order valence-corrected chi connectivity index (χ0v) is 13.5. The van der Waals surface area contributed by atoms with Crippen molar-refractivity contribution >= 4 is 11.3 Å². The second-order valence-electron chi connectivity index (χ2n) is 5.24. The highest BCUT2D eigenvalue weighted by Crippen LogP contribution is 2.31. The molecule has 23 heavy (non-hydrogen) atoms. The molecule has 6 nitrogen and oxygen atoms in total. The summed E-state index contributed by atoms with van der Waals surface area (Å²) in [5.74, 6) is -0.357. The van der Waals surface area contributed by atoms with Gasteiger partial charge in [0.05, 0.1) is 12.2 Å². The summed E-state index contributed by atoms with van der Waals surface area (Å²) in [6.45, 7) is 4.01. The number of rotatable bonds is 3. The number of nitrogens with zero attached hydrogens (tertiary/aromatic N) is 3. The summed E-state index contributed by atoms with van der Waals surface area (Å²) in [5, 5.41) is 21.6. The lowest BCUT2D eigenvalue weighted by molar-refractivity contribution is 0.404. The minimum Gasteiger partial charge on any atom is -0.504 e. The van der Waals surface area contributed by atoms with Crippen LogP contribution in [-0.2, 0) is 6.54 Å². The van der Waals surface area contributed by atoms with Crippen LogP contribution in [0.15, 0.2) is 34.4 Å². The summed E-state index contributed by atoms with van der Waals surface area (Å²) in [5.41, 5.74) is 2.63. The maximum absolute atomic E-state index is 12.0. The van der Waals surface area contributed by atoms with Crippen LogP contribution in [0.2, 0.25) is 0 Å². The lowest BCUT2D eigenvalue weighted by Gasteiger charge is -2.07. The van der Waals surface area contributed by atoms with E-state index in [9.17, 15) is 15.0 Å². The first-order chi connectivity index (χ1) is 10.9. The molecule has 0 bridgehead atoms. The molecular weight excluding hydrogens is 314 g/mol. The molecule has 0 aliphatic carbocycles. The molecular formula is C16H15N3O3S. The third-order valence-electron chi connectivity index (χ3n) is 3.46. The highest BCUT2D eigenvalue weighted by atomic mass is 32.1. The topological polar surface area (TPSA) is 88.2 Å². The van der Waals surface area contributed by atoms with Gasteiger partial charge in [0.1, 0.15) is 5.01 Å². The largest absolute Gasteiger partial charge is 0.504 e. The summed E-state index contributed by atoms with van der Waals surface area (Å²) in [6.07, 6.45) is 0. The quantitative estimate of drug-likeness (QED) is 0.721. The van der Waals surface area contributed by atoms with E-state index >= 15 is 0 Å². The lowest BCUT2D eigenvalue weighted by Crippen LogP contribution is -2.26. The number of phenols is 2. The third-order valence-corrected chi connectivity index (χ3v) is 4.30. The Labute approximate surface area is 136 Å². The summed E-state index contributed by atoms with van der Waals surface area (Å²) in [7, 11) is 0. The molecule has 1 aromatic carbocycles. The predicted octanol–water partition coefficient (Wildman–Crippen LogP) is 2.44. The first-order valence-electron chi connectivity index (χ1n) is 6.96. The van der Waals surface area contributed by atoms with Crippen LogP contribution in [0.1, 0.15) is 16.4 Å². The van der Waals surface area contributed by atoms with Crippen LogP contribution in [0.3, 0.4) is 0 Å².